The van der Waals surface area contributed by atoms with Crippen molar-refractivity contribution in [2.24, 2.45) is 0 Å². The number of hydrogen-bond donors (Lipinski definition) is 1. The first-order valence-electron chi connectivity index (χ1n) is 12.6. The van der Waals surface area contributed by atoms with Gasteiger partial charge < -0.3 is 14.8 Å². The lowest BCUT2D eigenvalue weighted by Crippen LogP contribution is -2.49. The molecule has 8 heteroatoms. The number of benzene rings is 2. The summed E-state index contributed by atoms with van der Waals surface area (Å²) in [6, 6.07) is 16.1. The molecule has 1 aromatic heterocycles. The average molecular weight is 520 g/mol. The summed E-state index contributed by atoms with van der Waals surface area (Å²) in [5.74, 6) is -0.366. The normalized spacial score (nSPS) is 12.8. The molecule has 3 aromatic rings. The number of hydrogen-bond acceptors (Lipinski definition) is 5. The van der Waals surface area contributed by atoms with Gasteiger partial charge in [-0.05, 0) is 59.2 Å². The highest BCUT2D eigenvalue weighted by Crippen LogP contribution is 2.24. The van der Waals surface area contributed by atoms with Crippen LogP contribution in [0.4, 0.5) is 9.59 Å². The molecular formula is C30H37N3O5. The van der Waals surface area contributed by atoms with E-state index in [1.165, 1.54) is 15.7 Å². The minimum atomic E-state index is -0.806. The molecule has 0 aliphatic heterocycles. The second kappa shape index (κ2) is 11.5. The van der Waals surface area contributed by atoms with Crippen LogP contribution in [-0.4, -0.2) is 51.9 Å². The molecule has 0 fully saturated rings. The Morgan fingerprint density at radius 1 is 0.921 bits per heavy atom. The van der Waals surface area contributed by atoms with Crippen LogP contribution in [0.3, 0.4) is 0 Å². The van der Waals surface area contributed by atoms with E-state index in [1.807, 2.05) is 75.4 Å². The lowest BCUT2D eigenvalue weighted by atomic mass is 10.0. The third-order valence-electron chi connectivity index (χ3n) is 5.54. The standard InChI is InChI=1S/C30H37N3O5/c1-29(2,3)37-27(35)32(7)25(19-21-13-9-8-10-14-21)26(34)31-18-17-22-20-33(28(36)38-30(4,5)6)24-16-12-11-15-23(22)24/h8-18,20,25H,19H2,1-7H3,(H,31,34)/b18-17+/t25-/m0/s1. The van der Waals surface area contributed by atoms with Crippen molar-refractivity contribution in [1.82, 2.24) is 14.8 Å². The van der Waals surface area contributed by atoms with E-state index >= 15 is 0 Å². The van der Waals surface area contributed by atoms with Crippen molar-refractivity contribution in [3.8, 4) is 0 Å². The fraction of sp³-hybridized carbons (Fsp3) is 0.367. The van der Waals surface area contributed by atoms with Gasteiger partial charge in [-0.15, -0.1) is 0 Å². The van der Waals surface area contributed by atoms with E-state index in [0.29, 0.717) is 11.9 Å². The van der Waals surface area contributed by atoms with Gasteiger partial charge >= 0.3 is 12.2 Å². The van der Waals surface area contributed by atoms with Crippen molar-refractivity contribution in [3.63, 3.8) is 0 Å². The second-order valence-corrected chi connectivity index (χ2v) is 11.1. The Labute approximate surface area is 224 Å². The Morgan fingerprint density at radius 2 is 1.53 bits per heavy atom. The molecule has 202 valence electrons. The predicted octanol–water partition coefficient (Wildman–Crippen LogP) is 5.99. The molecule has 1 heterocycles. The molecule has 0 aliphatic rings. The van der Waals surface area contributed by atoms with Crippen molar-refractivity contribution >= 4 is 35.1 Å². The van der Waals surface area contributed by atoms with Crippen LogP contribution in [0.2, 0.25) is 0 Å². The third-order valence-corrected chi connectivity index (χ3v) is 5.54. The summed E-state index contributed by atoms with van der Waals surface area (Å²) in [7, 11) is 1.55. The van der Waals surface area contributed by atoms with Crippen LogP contribution in [0, 0.1) is 0 Å². The SMILES string of the molecule is CN(C(=O)OC(C)(C)C)[C@@H](Cc1ccccc1)C(=O)N/C=C/c1cn(C(=O)OC(C)(C)C)c2ccccc12. The maximum atomic E-state index is 13.3. The van der Waals surface area contributed by atoms with E-state index in [0.717, 1.165) is 16.5 Å². The van der Waals surface area contributed by atoms with E-state index in [9.17, 15) is 14.4 Å². The topological polar surface area (TPSA) is 89.9 Å². The maximum absolute atomic E-state index is 13.3. The maximum Gasteiger partial charge on any atom is 0.419 e. The molecule has 0 saturated carbocycles. The fourth-order valence-corrected chi connectivity index (χ4v) is 3.81. The fourth-order valence-electron chi connectivity index (χ4n) is 3.81. The molecule has 0 unspecified atom stereocenters. The highest BCUT2D eigenvalue weighted by molar-refractivity contribution is 5.96. The lowest BCUT2D eigenvalue weighted by molar-refractivity contribution is -0.125. The number of amides is 2. The molecule has 0 bridgehead atoms. The van der Waals surface area contributed by atoms with Crippen molar-refractivity contribution in [2.75, 3.05) is 7.05 Å². The Kier molecular flexibility index (Phi) is 8.66. The summed E-state index contributed by atoms with van der Waals surface area (Å²) in [5, 5.41) is 3.63. The second-order valence-electron chi connectivity index (χ2n) is 11.1. The number of nitrogens with one attached hydrogen (secondary N) is 1. The molecule has 1 atom stereocenters. The largest absolute Gasteiger partial charge is 0.444 e. The van der Waals surface area contributed by atoms with Crippen molar-refractivity contribution in [1.29, 1.82) is 0 Å². The molecule has 2 aromatic carbocycles. The van der Waals surface area contributed by atoms with Crippen molar-refractivity contribution in [2.45, 2.75) is 65.2 Å². The van der Waals surface area contributed by atoms with Crippen LogP contribution < -0.4 is 5.32 Å². The van der Waals surface area contributed by atoms with E-state index in [2.05, 4.69) is 5.32 Å². The number of nitrogens with zero attached hydrogens (tertiary/aromatic N) is 2. The van der Waals surface area contributed by atoms with E-state index < -0.39 is 29.4 Å². The number of rotatable bonds is 6. The number of para-hydroxylation sites is 1. The molecule has 1 N–H and O–H groups in total. The Bertz CT molecular complexity index is 1310. The minimum absolute atomic E-state index is 0.314. The van der Waals surface area contributed by atoms with Gasteiger partial charge in [-0.1, -0.05) is 48.5 Å². The van der Waals surface area contributed by atoms with Gasteiger partial charge in [0.2, 0.25) is 5.91 Å². The first-order chi connectivity index (χ1) is 17.7. The Balaban J connectivity index is 1.83. The summed E-state index contributed by atoms with van der Waals surface area (Å²) in [6.45, 7) is 10.8. The van der Waals surface area contributed by atoms with E-state index in [4.69, 9.17) is 9.47 Å². The number of ether oxygens (including phenoxy) is 2. The molecule has 0 radical (unpaired) electrons. The smallest absolute Gasteiger partial charge is 0.419 e. The van der Waals surface area contributed by atoms with Crippen LogP contribution in [0.15, 0.2) is 67.0 Å². The lowest BCUT2D eigenvalue weighted by Gasteiger charge is -2.29. The zero-order valence-corrected chi connectivity index (χ0v) is 23.1. The summed E-state index contributed by atoms with van der Waals surface area (Å²) in [5.41, 5.74) is 1.00. The molecule has 0 aliphatic carbocycles. The van der Waals surface area contributed by atoms with Crippen LogP contribution in [0.5, 0.6) is 0 Å². The highest BCUT2D eigenvalue weighted by Gasteiger charge is 2.30. The van der Waals surface area contributed by atoms with Crippen LogP contribution >= 0.6 is 0 Å². The Hall–Kier alpha value is -4.07. The summed E-state index contributed by atoms with van der Waals surface area (Å²) < 4.78 is 12.5. The van der Waals surface area contributed by atoms with E-state index in [1.54, 1.807) is 40.1 Å². The molecule has 8 nitrogen and oxygen atoms in total. The molecule has 0 spiro atoms. The van der Waals surface area contributed by atoms with Gasteiger partial charge in [-0.25, -0.2) is 9.59 Å². The summed E-state index contributed by atoms with van der Waals surface area (Å²) >= 11 is 0. The quantitative estimate of drug-likeness (QED) is 0.432. The van der Waals surface area contributed by atoms with Gasteiger partial charge in [0.15, 0.2) is 0 Å². The first-order valence-corrected chi connectivity index (χ1v) is 12.6. The Morgan fingerprint density at radius 3 is 2.16 bits per heavy atom. The highest BCUT2D eigenvalue weighted by atomic mass is 16.6. The molecule has 0 saturated heterocycles. The van der Waals surface area contributed by atoms with Crippen molar-refractivity contribution in [3.05, 3.63) is 78.1 Å². The van der Waals surface area contributed by atoms with Crippen LogP contribution in [0.1, 0.15) is 52.7 Å². The number of aromatic nitrogens is 1. The molecular weight excluding hydrogens is 482 g/mol. The zero-order valence-electron chi connectivity index (χ0n) is 23.1. The van der Waals surface area contributed by atoms with Gasteiger partial charge in [-0.2, -0.15) is 0 Å². The molecule has 38 heavy (non-hydrogen) atoms. The van der Waals surface area contributed by atoms with Gasteiger partial charge in [0, 0.05) is 36.8 Å². The van der Waals surface area contributed by atoms with Gasteiger partial charge in [0.25, 0.3) is 0 Å². The average Bonchev–Trinajstić information content (AvgIpc) is 3.19. The number of likely N-dealkylation sites (N-methyl/N-ethyl adjacent to an activating group) is 1. The monoisotopic (exact) mass is 519 g/mol. The van der Waals surface area contributed by atoms with Crippen LogP contribution in [-0.2, 0) is 20.7 Å². The summed E-state index contributed by atoms with van der Waals surface area (Å²) in [6.07, 6.45) is 4.15. The third kappa shape index (κ3) is 7.71. The number of fused-ring (bicyclic) bond motifs is 1. The van der Waals surface area contributed by atoms with Gasteiger partial charge in [0.1, 0.15) is 17.2 Å². The number of carbonyl (C=O) groups excluding carboxylic acids is 3. The molecule has 3 rings (SSSR count). The summed E-state index contributed by atoms with van der Waals surface area (Å²) in [4.78, 5) is 40.1. The molecule has 2 amide bonds. The number of carbonyl (C=O) groups is 3. The zero-order chi connectivity index (χ0) is 28.1. The van der Waals surface area contributed by atoms with Gasteiger partial charge in [-0.3, -0.25) is 14.3 Å². The predicted molar refractivity (Wildman–Crippen MR) is 149 cm³/mol. The van der Waals surface area contributed by atoms with E-state index in [-0.39, 0.29) is 5.91 Å². The first kappa shape index (κ1) is 28.5. The minimum Gasteiger partial charge on any atom is -0.444 e. The van der Waals surface area contributed by atoms with Crippen LogP contribution in [0.25, 0.3) is 17.0 Å². The van der Waals surface area contributed by atoms with Crippen molar-refractivity contribution < 1.29 is 23.9 Å². The van der Waals surface area contributed by atoms with Gasteiger partial charge in [0.05, 0.1) is 5.52 Å².